The highest BCUT2D eigenvalue weighted by molar-refractivity contribution is 6.26. The molecule has 1 atom stereocenters. The van der Waals surface area contributed by atoms with Crippen molar-refractivity contribution in [2.75, 3.05) is 0 Å². The molecule has 3 nitrogen and oxygen atoms in total. The lowest BCUT2D eigenvalue weighted by Gasteiger charge is -2.22. The first kappa shape index (κ1) is 12.6. The summed E-state index contributed by atoms with van der Waals surface area (Å²) in [5.74, 6) is -0.140. The van der Waals surface area contributed by atoms with E-state index < -0.39 is 0 Å². The Morgan fingerprint density at radius 2 is 1.67 bits per heavy atom. The molecule has 18 heavy (non-hydrogen) atoms. The summed E-state index contributed by atoms with van der Waals surface area (Å²) in [4.78, 5) is 24.5. The predicted molar refractivity (Wildman–Crippen MR) is 70.7 cm³/mol. The number of Topliss-reactive ketones (excluding diaryl/α,β-unsaturated/α-hetero) is 2. The van der Waals surface area contributed by atoms with Crippen molar-refractivity contribution in [2.45, 2.75) is 33.2 Å². The first-order valence-corrected chi connectivity index (χ1v) is 6.22. The number of carbonyl (C=O) groups excluding carboxylic acids is 2. The molecule has 1 N–H and O–H groups in total. The molecule has 0 amide bonds. The Bertz CT molecular complexity index is 543. The van der Waals surface area contributed by atoms with Gasteiger partial charge in [0.25, 0.3) is 0 Å². The third kappa shape index (κ3) is 1.96. The molecule has 0 spiro atoms. The summed E-state index contributed by atoms with van der Waals surface area (Å²) in [5, 5.41) is 3.15. The Kier molecular flexibility index (Phi) is 3.32. The lowest BCUT2D eigenvalue weighted by molar-refractivity contribution is 0.0967. The summed E-state index contributed by atoms with van der Waals surface area (Å²) < 4.78 is 0. The van der Waals surface area contributed by atoms with Crippen molar-refractivity contribution in [1.82, 2.24) is 5.32 Å². The van der Waals surface area contributed by atoms with Gasteiger partial charge in [0.05, 0.1) is 5.70 Å². The number of ketones is 2. The number of nitrogens with one attached hydrogen (secondary N) is 1. The summed E-state index contributed by atoms with van der Waals surface area (Å²) in [5.41, 5.74) is 1.97. The van der Waals surface area contributed by atoms with E-state index in [4.69, 9.17) is 0 Å². The molecule has 0 bridgehead atoms. The molecule has 2 rings (SSSR count). The Hall–Kier alpha value is -1.90. The van der Waals surface area contributed by atoms with Crippen molar-refractivity contribution in [3.63, 3.8) is 0 Å². The Morgan fingerprint density at radius 3 is 2.22 bits per heavy atom. The molecule has 3 heteroatoms. The highest BCUT2D eigenvalue weighted by Gasteiger charge is 2.29. The zero-order valence-corrected chi connectivity index (χ0v) is 10.9. The minimum atomic E-state index is -0.0806. The number of allylic oxidation sites excluding steroid dienone is 2. The van der Waals surface area contributed by atoms with E-state index in [1.807, 2.05) is 13.8 Å². The van der Waals surface area contributed by atoms with Crippen LogP contribution in [0.15, 0.2) is 35.5 Å². The summed E-state index contributed by atoms with van der Waals surface area (Å²) in [6.45, 7) is 5.75. The van der Waals surface area contributed by atoms with Crippen LogP contribution in [0.4, 0.5) is 0 Å². The van der Waals surface area contributed by atoms with Crippen LogP contribution in [0.5, 0.6) is 0 Å². The number of fused-ring (bicyclic) bond motifs is 1. The fraction of sp³-hybridized carbons (Fsp3) is 0.333. The van der Waals surface area contributed by atoms with Gasteiger partial charge in [-0.25, -0.2) is 0 Å². The largest absolute Gasteiger partial charge is 0.379 e. The Morgan fingerprint density at radius 1 is 1.11 bits per heavy atom. The molecule has 0 saturated carbocycles. The predicted octanol–water partition coefficient (Wildman–Crippen LogP) is 2.73. The molecule has 0 radical (unpaired) electrons. The van der Waals surface area contributed by atoms with Crippen LogP contribution in [0.25, 0.3) is 0 Å². The van der Waals surface area contributed by atoms with Crippen molar-refractivity contribution >= 4 is 11.6 Å². The summed E-state index contributed by atoms with van der Waals surface area (Å²) >= 11 is 0. The molecule has 1 unspecified atom stereocenters. The van der Waals surface area contributed by atoms with E-state index in [1.54, 1.807) is 31.2 Å². The molecule has 0 saturated heterocycles. The van der Waals surface area contributed by atoms with E-state index in [1.165, 1.54) is 0 Å². The van der Waals surface area contributed by atoms with Crippen molar-refractivity contribution in [2.24, 2.45) is 0 Å². The molecule has 0 aliphatic heterocycles. The number of benzene rings is 1. The maximum absolute atomic E-state index is 12.4. The number of carbonyl (C=O) groups is 2. The van der Waals surface area contributed by atoms with Gasteiger partial charge >= 0.3 is 0 Å². The highest BCUT2D eigenvalue weighted by Crippen LogP contribution is 2.25. The number of hydrogen-bond donors (Lipinski definition) is 1. The SMILES string of the molecule is CCC(C)NC1=C(C)C(=O)c2ccccc2C1=O. The molecule has 1 aliphatic carbocycles. The average Bonchev–Trinajstić information content (AvgIpc) is 2.40. The van der Waals surface area contributed by atoms with Crippen molar-refractivity contribution in [3.05, 3.63) is 46.7 Å². The topological polar surface area (TPSA) is 46.2 Å². The quantitative estimate of drug-likeness (QED) is 0.887. The monoisotopic (exact) mass is 243 g/mol. The van der Waals surface area contributed by atoms with E-state index in [0.29, 0.717) is 22.4 Å². The Labute approximate surface area is 107 Å². The fourth-order valence-corrected chi connectivity index (χ4v) is 2.02. The second-order valence-corrected chi connectivity index (χ2v) is 4.66. The standard InChI is InChI=1S/C15H17NO2/c1-4-9(2)16-13-10(3)14(17)11-7-5-6-8-12(11)15(13)18/h5-9,16H,4H2,1-3H3. The van der Waals surface area contributed by atoms with Gasteiger partial charge in [0.2, 0.25) is 5.78 Å². The van der Waals surface area contributed by atoms with Crippen molar-refractivity contribution in [3.8, 4) is 0 Å². The third-order valence-corrected chi connectivity index (χ3v) is 3.36. The highest BCUT2D eigenvalue weighted by atomic mass is 16.1. The van der Waals surface area contributed by atoms with Crippen LogP contribution < -0.4 is 5.32 Å². The molecule has 94 valence electrons. The molecular formula is C15H17NO2. The van der Waals surface area contributed by atoms with Gasteiger partial charge in [-0.3, -0.25) is 9.59 Å². The van der Waals surface area contributed by atoms with Gasteiger partial charge in [0, 0.05) is 22.7 Å². The average molecular weight is 243 g/mol. The Balaban J connectivity index is 2.46. The number of rotatable bonds is 3. The van der Waals surface area contributed by atoms with E-state index in [-0.39, 0.29) is 17.6 Å². The molecule has 0 heterocycles. The van der Waals surface area contributed by atoms with Crippen molar-refractivity contribution < 1.29 is 9.59 Å². The van der Waals surface area contributed by atoms with E-state index in [2.05, 4.69) is 5.32 Å². The maximum atomic E-state index is 12.4. The lowest BCUT2D eigenvalue weighted by Crippen LogP contribution is -2.34. The fourth-order valence-electron chi connectivity index (χ4n) is 2.02. The van der Waals surface area contributed by atoms with Crippen LogP contribution in [-0.2, 0) is 0 Å². The summed E-state index contributed by atoms with van der Waals surface area (Å²) in [6.07, 6.45) is 0.903. The lowest BCUT2D eigenvalue weighted by atomic mass is 9.87. The minimum Gasteiger partial charge on any atom is -0.379 e. The van der Waals surface area contributed by atoms with Crippen LogP contribution in [0.1, 0.15) is 47.9 Å². The van der Waals surface area contributed by atoms with Crippen LogP contribution in [-0.4, -0.2) is 17.6 Å². The van der Waals surface area contributed by atoms with Crippen LogP contribution >= 0.6 is 0 Å². The molecular weight excluding hydrogens is 226 g/mol. The zero-order valence-electron chi connectivity index (χ0n) is 10.9. The van der Waals surface area contributed by atoms with Gasteiger partial charge in [0.15, 0.2) is 5.78 Å². The number of hydrogen-bond acceptors (Lipinski definition) is 3. The van der Waals surface area contributed by atoms with Gasteiger partial charge in [-0.1, -0.05) is 31.2 Å². The van der Waals surface area contributed by atoms with Crippen LogP contribution in [0.3, 0.4) is 0 Å². The molecule has 1 aliphatic rings. The zero-order chi connectivity index (χ0) is 13.3. The van der Waals surface area contributed by atoms with Gasteiger partial charge in [-0.15, -0.1) is 0 Å². The first-order valence-electron chi connectivity index (χ1n) is 6.22. The minimum absolute atomic E-state index is 0.0593. The van der Waals surface area contributed by atoms with E-state index in [0.717, 1.165) is 6.42 Å². The summed E-state index contributed by atoms with van der Waals surface area (Å²) in [6, 6.07) is 7.16. The van der Waals surface area contributed by atoms with Crippen LogP contribution in [0.2, 0.25) is 0 Å². The second-order valence-electron chi connectivity index (χ2n) is 4.66. The van der Waals surface area contributed by atoms with E-state index >= 15 is 0 Å². The first-order chi connectivity index (χ1) is 8.56. The van der Waals surface area contributed by atoms with Crippen molar-refractivity contribution in [1.29, 1.82) is 0 Å². The van der Waals surface area contributed by atoms with Crippen LogP contribution in [0, 0.1) is 0 Å². The van der Waals surface area contributed by atoms with E-state index in [9.17, 15) is 9.59 Å². The molecule has 1 aromatic carbocycles. The third-order valence-electron chi connectivity index (χ3n) is 3.36. The van der Waals surface area contributed by atoms with Gasteiger partial charge in [-0.05, 0) is 20.3 Å². The van der Waals surface area contributed by atoms with Gasteiger partial charge in [-0.2, -0.15) is 0 Å². The second kappa shape index (κ2) is 4.77. The normalized spacial score (nSPS) is 16.6. The molecule has 1 aromatic rings. The maximum Gasteiger partial charge on any atom is 0.209 e. The smallest absolute Gasteiger partial charge is 0.209 e. The summed E-state index contributed by atoms with van der Waals surface area (Å²) in [7, 11) is 0. The molecule has 0 fully saturated rings. The van der Waals surface area contributed by atoms with Gasteiger partial charge in [0.1, 0.15) is 0 Å². The van der Waals surface area contributed by atoms with Gasteiger partial charge < -0.3 is 5.32 Å². The molecule has 0 aromatic heterocycles.